The van der Waals surface area contributed by atoms with Crippen LogP contribution >= 0.6 is 0 Å². The van der Waals surface area contributed by atoms with Crippen molar-refractivity contribution in [1.82, 2.24) is 5.32 Å². The van der Waals surface area contributed by atoms with Crippen LogP contribution in [0.1, 0.15) is 47.0 Å². The topological polar surface area (TPSA) is 103 Å². The van der Waals surface area contributed by atoms with Crippen LogP contribution in [0.3, 0.4) is 0 Å². The highest BCUT2D eigenvalue weighted by molar-refractivity contribution is 5.69. The van der Waals surface area contributed by atoms with Crippen molar-refractivity contribution < 1.29 is 33.6 Å². The number of nitrogens with one attached hydrogen (secondary N) is 1. The molecule has 0 aromatic heterocycles. The zero-order valence-corrected chi connectivity index (χ0v) is 15.3. The largest absolute Gasteiger partial charge is 0.481 e. The second-order valence-electron chi connectivity index (χ2n) is 6.32. The van der Waals surface area contributed by atoms with Gasteiger partial charge in [-0.2, -0.15) is 0 Å². The van der Waals surface area contributed by atoms with Gasteiger partial charge in [0.15, 0.2) is 0 Å². The Balaban J connectivity index is 4.62. The van der Waals surface area contributed by atoms with Gasteiger partial charge in [0.2, 0.25) is 0 Å². The maximum absolute atomic E-state index is 12.0. The Bertz CT molecular complexity index is 368. The molecule has 142 valence electrons. The molecule has 0 bridgehead atoms. The lowest BCUT2D eigenvalue weighted by molar-refractivity contribution is -0.138. The first-order chi connectivity index (χ1) is 11.2. The lowest BCUT2D eigenvalue weighted by Gasteiger charge is -2.28. The number of aliphatic carboxylic acids is 1. The summed E-state index contributed by atoms with van der Waals surface area (Å²) in [5, 5.41) is 11.6. The van der Waals surface area contributed by atoms with Gasteiger partial charge in [0.25, 0.3) is 0 Å². The first-order valence-electron chi connectivity index (χ1n) is 8.09. The zero-order chi connectivity index (χ0) is 18.6. The number of hydrogen-bond acceptors (Lipinski definition) is 6. The number of methoxy groups -OCH3 is 1. The fraction of sp³-hybridized carbons (Fsp3) is 0.875. The Morgan fingerprint density at radius 3 is 2.38 bits per heavy atom. The number of amides is 1. The molecule has 0 aromatic rings. The van der Waals surface area contributed by atoms with Gasteiger partial charge in [-0.25, -0.2) is 4.79 Å². The molecule has 0 radical (unpaired) electrons. The third-order valence-electron chi connectivity index (χ3n) is 3.02. The number of carbonyl (C=O) groups is 2. The Hall–Kier alpha value is -1.38. The summed E-state index contributed by atoms with van der Waals surface area (Å²) >= 11 is 0. The van der Waals surface area contributed by atoms with Crippen molar-refractivity contribution in [2.45, 2.75) is 64.7 Å². The van der Waals surface area contributed by atoms with Crippen molar-refractivity contribution in [2.75, 3.05) is 27.1 Å². The maximum Gasteiger partial charge on any atom is 0.407 e. The molecule has 0 saturated heterocycles. The van der Waals surface area contributed by atoms with E-state index >= 15 is 0 Å². The van der Waals surface area contributed by atoms with E-state index in [1.807, 2.05) is 6.92 Å². The zero-order valence-electron chi connectivity index (χ0n) is 15.3. The lowest BCUT2D eigenvalue weighted by Crippen LogP contribution is -2.46. The van der Waals surface area contributed by atoms with Crippen LogP contribution in [0.25, 0.3) is 0 Å². The highest BCUT2D eigenvalue weighted by Gasteiger charge is 2.26. The maximum atomic E-state index is 12.0. The van der Waals surface area contributed by atoms with E-state index in [1.54, 1.807) is 27.9 Å². The van der Waals surface area contributed by atoms with Crippen LogP contribution in [0.2, 0.25) is 0 Å². The molecule has 0 aliphatic rings. The van der Waals surface area contributed by atoms with Gasteiger partial charge in [0.05, 0.1) is 25.4 Å². The Morgan fingerprint density at radius 1 is 1.21 bits per heavy atom. The molecule has 0 heterocycles. The molecule has 8 nitrogen and oxygen atoms in total. The Kier molecular flexibility index (Phi) is 11.4. The number of hydrogen-bond donors (Lipinski definition) is 2. The molecule has 0 rings (SSSR count). The summed E-state index contributed by atoms with van der Waals surface area (Å²) in [5.74, 6) is -0.933. The predicted octanol–water partition coefficient (Wildman–Crippen LogP) is 2.16. The van der Waals surface area contributed by atoms with E-state index in [-0.39, 0.29) is 25.7 Å². The van der Waals surface area contributed by atoms with Gasteiger partial charge >= 0.3 is 12.1 Å². The molecule has 8 heteroatoms. The molecule has 0 aliphatic heterocycles. The van der Waals surface area contributed by atoms with E-state index in [2.05, 4.69) is 5.32 Å². The van der Waals surface area contributed by atoms with Crippen LogP contribution in [0.5, 0.6) is 0 Å². The summed E-state index contributed by atoms with van der Waals surface area (Å²) in [6.45, 7) is 8.07. The van der Waals surface area contributed by atoms with Crippen LogP contribution in [-0.2, 0) is 23.7 Å². The van der Waals surface area contributed by atoms with Crippen LogP contribution in [0.15, 0.2) is 0 Å². The summed E-state index contributed by atoms with van der Waals surface area (Å²) in [6.07, 6.45) is -0.219. The first kappa shape index (κ1) is 22.6. The molecular weight excluding hydrogens is 318 g/mol. The van der Waals surface area contributed by atoms with Gasteiger partial charge in [-0.15, -0.1) is 0 Å². The van der Waals surface area contributed by atoms with Crippen LogP contribution in [0, 0.1) is 0 Å². The van der Waals surface area contributed by atoms with E-state index in [9.17, 15) is 9.59 Å². The van der Waals surface area contributed by atoms with Gasteiger partial charge in [0.1, 0.15) is 12.4 Å². The number of carbonyl (C=O) groups excluding carboxylic acids is 1. The minimum Gasteiger partial charge on any atom is -0.481 e. The fourth-order valence-corrected chi connectivity index (χ4v) is 1.94. The molecule has 1 amide bonds. The van der Waals surface area contributed by atoms with Crippen molar-refractivity contribution in [3.8, 4) is 0 Å². The average Bonchev–Trinajstić information content (AvgIpc) is 2.45. The second kappa shape index (κ2) is 12.0. The Labute approximate surface area is 143 Å². The molecule has 24 heavy (non-hydrogen) atoms. The first-order valence-corrected chi connectivity index (χ1v) is 8.09. The minimum absolute atomic E-state index is 0.0431. The van der Waals surface area contributed by atoms with E-state index in [0.29, 0.717) is 19.6 Å². The monoisotopic (exact) mass is 349 g/mol. The predicted molar refractivity (Wildman–Crippen MR) is 87.9 cm³/mol. The molecule has 0 unspecified atom stereocenters. The molecule has 0 aromatic carbocycles. The van der Waals surface area contributed by atoms with Crippen LogP contribution < -0.4 is 5.32 Å². The Morgan fingerprint density at radius 2 is 1.88 bits per heavy atom. The standard InChI is InChI=1S/C16H31NO7/c1-6-13(23-11-22-10-9-21-5)12(7-8-14(18)19)17-15(20)24-16(2,3)4/h12-13H,6-11H2,1-5H3,(H,17,20)(H,18,19)/t12-,13-/m0/s1. The highest BCUT2D eigenvalue weighted by Crippen LogP contribution is 2.13. The third kappa shape index (κ3) is 12.1. The second-order valence-corrected chi connectivity index (χ2v) is 6.32. The van der Waals surface area contributed by atoms with Gasteiger partial charge in [0, 0.05) is 13.5 Å². The van der Waals surface area contributed by atoms with Crippen LogP contribution in [0.4, 0.5) is 4.79 Å². The fourth-order valence-electron chi connectivity index (χ4n) is 1.94. The molecular formula is C16H31NO7. The van der Waals surface area contributed by atoms with Gasteiger partial charge < -0.3 is 29.4 Å². The minimum atomic E-state index is -0.933. The van der Waals surface area contributed by atoms with E-state index < -0.39 is 23.7 Å². The van der Waals surface area contributed by atoms with E-state index in [0.717, 1.165) is 0 Å². The van der Waals surface area contributed by atoms with Crippen molar-refractivity contribution >= 4 is 12.1 Å². The van der Waals surface area contributed by atoms with Crippen molar-refractivity contribution in [3.63, 3.8) is 0 Å². The highest BCUT2D eigenvalue weighted by atomic mass is 16.7. The molecule has 2 atom stereocenters. The summed E-state index contributed by atoms with van der Waals surface area (Å²) in [5.41, 5.74) is -0.632. The molecule has 0 aliphatic carbocycles. The van der Waals surface area contributed by atoms with Gasteiger partial charge in [-0.3, -0.25) is 4.79 Å². The van der Waals surface area contributed by atoms with Crippen molar-refractivity contribution in [3.05, 3.63) is 0 Å². The molecule has 2 N–H and O–H groups in total. The number of rotatable bonds is 12. The molecule has 0 saturated carbocycles. The SMILES string of the molecule is CC[C@H](OCOCCOC)[C@H](CCC(=O)O)NC(=O)OC(C)(C)C. The summed E-state index contributed by atoms with van der Waals surface area (Å²) in [7, 11) is 1.58. The number of ether oxygens (including phenoxy) is 4. The number of alkyl carbamates (subject to hydrolysis) is 1. The van der Waals surface area contributed by atoms with Crippen molar-refractivity contribution in [2.24, 2.45) is 0 Å². The average molecular weight is 349 g/mol. The summed E-state index contributed by atoms with van der Waals surface area (Å²) in [6, 6.07) is -0.480. The quantitative estimate of drug-likeness (QED) is 0.411. The molecule has 0 spiro atoms. The lowest BCUT2D eigenvalue weighted by atomic mass is 10.0. The molecule has 0 fully saturated rings. The van der Waals surface area contributed by atoms with E-state index in [4.69, 9.17) is 24.1 Å². The summed E-state index contributed by atoms with van der Waals surface area (Å²) in [4.78, 5) is 22.8. The van der Waals surface area contributed by atoms with Gasteiger partial charge in [-0.1, -0.05) is 6.92 Å². The number of carboxylic acids is 1. The van der Waals surface area contributed by atoms with Crippen molar-refractivity contribution in [1.29, 1.82) is 0 Å². The summed E-state index contributed by atoms with van der Waals surface area (Å²) < 4.78 is 21.0. The number of carboxylic acid groups (broad SMARTS) is 1. The van der Waals surface area contributed by atoms with E-state index in [1.165, 1.54) is 0 Å². The smallest absolute Gasteiger partial charge is 0.407 e. The normalized spacial score (nSPS) is 14.0. The third-order valence-corrected chi connectivity index (χ3v) is 3.02. The van der Waals surface area contributed by atoms with Crippen LogP contribution in [-0.4, -0.2) is 62.0 Å². The van der Waals surface area contributed by atoms with Gasteiger partial charge in [-0.05, 0) is 33.6 Å².